The van der Waals surface area contributed by atoms with Crippen molar-refractivity contribution >= 4 is 17.4 Å². The summed E-state index contributed by atoms with van der Waals surface area (Å²) in [5.74, 6) is 0.276. The molecule has 0 fully saturated rings. The predicted octanol–water partition coefficient (Wildman–Crippen LogP) is 6.45. The zero-order valence-corrected chi connectivity index (χ0v) is 18.1. The van der Waals surface area contributed by atoms with Crippen molar-refractivity contribution in [2.75, 3.05) is 18.5 Å². The van der Waals surface area contributed by atoms with Crippen LogP contribution in [0.1, 0.15) is 25.8 Å². The lowest BCUT2D eigenvalue weighted by Crippen LogP contribution is -2.10. The maximum atomic E-state index is 14.6. The molecule has 0 saturated heterocycles. The predicted molar refractivity (Wildman–Crippen MR) is 121 cm³/mol. The van der Waals surface area contributed by atoms with Gasteiger partial charge in [0.2, 0.25) is 0 Å². The molecule has 0 amide bonds. The number of anilines is 1. The molecular weight excluding hydrogens is 403 g/mol. The number of aryl methyl sites for hydroxylation is 1. The summed E-state index contributed by atoms with van der Waals surface area (Å²) in [6, 6.07) is 13.4. The molecule has 0 aliphatic rings. The molecule has 0 aliphatic heterocycles. The average molecular weight is 429 g/mol. The Hall–Kier alpha value is -2.63. The number of hydrogen-bond donors (Lipinski definition) is 2. The summed E-state index contributed by atoms with van der Waals surface area (Å²) in [6.07, 6.45) is 0.987. The Morgan fingerprint density at radius 1 is 1.17 bits per heavy atom. The number of aromatic hydroxyl groups is 1. The maximum Gasteiger partial charge on any atom is 0.132 e. The minimum Gasteiger partial charge on any atom is -0.507 e. The van der Waals surface area contributed by atoms with E-state index in [1.807, 2.05) is 32.9 Å². The Kier molecular flexibility index (Phi) is 7.29. The molecule has 3 rings (SSSR count). The zero-order chi connectivity index (χ0) is 21.7. The van der Waals surface area contributed by atoms with Gasteiger partial charge in [-0.25, -0.2) is 9.37 Å². The number of nitrogens with zero attached hydrogens (tertiary/aromatic N) is 1. The molecule has 1 aromatic heterocycles. The van der Waals surface area contributed by atoms with Crippen LogP contribution in [0, 0.1) is 12.7 Å². The van der Waals surface area contributed by atoms with Crippen LogP contribution < -0.4 is 5.32 Å². The SMILES string of the molecule is Cc1ccc(O)c(-c2cc(-c3c(F)cccc3Cl)cc(NCCCOC(C)C)n2)c1. The Balaban J connectivity index is 1.99. The van der Waals surface area contributed by atoms with E-state index in [1.165, 1.54) is 6.07 Å². The monoisotopic (exact) mass is 428 g/mol. The number of hydrogen-bond acceptors (Lipinski definition) is 4. The van der Waals surface area contributed by atoms with Crippen LogP contribution in [-0.4, -0.2) is 29.3 Å². The van der Waals surface area contributed by atoms with Crippen molar-refractivity contribution in [2.45, 2.75) is 33.3 Å². The van der Waals surface area contributed by atoms with E-state index in [-0.39, 0.29) is 11.9 Å². The fourth-order valence-corrected chi connectivity index (χ4v) is 3.41. The highest BCUT2D eigenvalue weighted by Gasteiger charge is 2.15. The van der Waals surface area contributed by atoms with Gasteiger partial charge in [-0.15, -0.1) is 0 Å². The minimum atomic E-state index is -0.413. The molecule has 158 valence electrons. The summed E-state index contributed by atoms with van der Waals surface area (Å²) < 4.78 is 20.1. The number of rotatable bonds is 8. The first-order chi connectivity index (χ1) is 14.3. The zero-order valence-electron chi connectivity index (χ0n) is 17.4. The van der Waals surface area contributed by atoms with Crippen molar-refractivity contribution in [1.82, 2.24) is 4.98 Å². The Bertz CT molecular complexity index is 1000. The molecule has 30 heavy (non-hydrogen) atoms. The number of benzene rings is 2. The topological polar surface area (TPSA) is 54.4 Å². The summed E-state index contributed by atoms with van der Waals surface area (Å²) in [5.41, 5.74) is 3.00. The van der Waals surface area contributed by atoms with E-state index in [1.54, 1.807) is 30.3 Å². The smallest absolute Gasteiger partial charge is 0.132 e. The number of phenols is 1. The second-order valence-electron chi connectivity index (χ2n) is 7.44. The third-order valence-corrected chi connectivity index (χ3v) is 4.90. The molecule has 3 aromatic rings. The minimum absolute atomic E-state index is 0.112. The molecule has 0 aliphatic carbocycles. The van der Waals surface area contributed by atoms with E-state index < -0.39 is 5.82 Å². The van der Waals surface area contributed by atoms with Crippen molar-refractivity contribution in [3.63, 3.8) is 0 Å². The van der Waals surface area contributed by atoms with Gasteiger partial charge < -0.3 is 15.2 Å². The standard InChI is InChI=1S/C24H26ClFN2O2/c1-15(2)30-11-5-10-27-23-14-17(24-19(25)6-4-7-20(24)26)13-21(28-23)18-12-16(3)8-9-22(18)29/h4,6-9,12-15,29H,5,10-11H2,1-3H3,(H,27,28). The first-order valence-corrected chi connectivity index (χ1v) is 10.3. The van der Waals surface area contributed by atoms with Crippen LogP contribution in [0.3, 0.4) is 0 Å². The van der Waals surface area contributed by atoms with Crippen LogP contribution in [0.25, 0.3) is 22.4 Å². The molecule has 0 spiro atoms. The number of phenolic OH excluding ortho intramolecular Hbond substituents is 1. The lowest BCUT2D eigenvalue weighted by Gasteiger charge is -2.14. The first-order valence-electron chi connectivity index (χ1n) is 9.97. The van der Waals surface area contributed by atoms with Gasteiger partial charge in [0.1, 0.15) is 17.4 Å². The first kappa shape index (κ1) is 22.1. The second kappa shape index (κ2) is 9.92. The molecule has 0 unspecified atom stereocenters. The quantitative estimate of drug-likeness (QED) is 0.405. The second-order valence-corrected chi connectivity index (χ2v) is 7.85. The highest BCUT2D eigenvalue weighted by atomic mass is 35.5. The molecule has 1 heterocycles. The third-order valence-electron chi connectivity index (χ3n) is 4.58. The van der Waals surface area contributed by atoms with Gasteiger partial charge in [-0.3, -0.25) is 0 Å². The summed E-state index contributed by atoms with van der Waals surface area (Å²) in [5, 5.41) is 14.0. The molecule has 4 nitrogen and oxygen atoms in total. The fourth-order valence-electron chi connectivity index (χ4n) is 3.14. The third kappa shape index (κ3) is 5.49. The van der Waals surface area contributed by atoms with Gasteiger partial charge >= 0.3 is 0 Å². The summed E-state index contributed by atoms with van der Waals surface area (Å²) in [7, 11) is 0. The van der Waals surface area contributed by atoms with Gasteiger partial charge in [0.05, 0.1) is 16.8 Å². The molecule has 0 atom stereocenters. The van der Waals surface area contributed by atoms with Crippen LogP contribution in [0.15, 0.2) is 48.5 Å². The van der Waals surface area contributed by atoms with Gasteiger partial charge in [-0.2, -0.15) is 0 Å². The summed E-state index contributed by atoms with van der Waals surface area (Å²) in [6.45, 7) is 7.21. The van der Waals surface area contributed by atoms with Gasteiger partial charge in [0.25, 0.3) is 0 Å². The highest BCUT2D eigenvalue weighted by molar-refractivity contribution is 6.33. The Morgan fingerprint density at radius 3 is 2.70 bits per heavy atom. The lowest BCUT2D eigenvalue weighted by molar-refractivity contribution is 0.0787. The molecule has 2 N–H and O–H groups in total. The van der Waals surface area contributed by atoms with E-state index in [9.17, 15) is 9.50 Å². The molecule has 6 heteroatoms. The Labute approximate surface area is 181 Å². The normalized spacial score (nSPS) is 11.1. The molecule has 0 bridgehead atoms. The van der Waals surface area contributed by atoms with Crippen LogP contribution in [0.4, 0.5) is 10.2 Å². The number of pyridine rings is 1. The van der Waals surface area contributed by atoms with E-state index in [0.717, 1.165) is 12.0 Å². The van der Waals surface area contributed by atoms with E-state index in [0.29, 0.717) is 46.4 Å². The van der Waals surface area contributed by atoms with Crippen molar-refractivity contribution in [2.24, 2.45) is 0 Å². The molecular formula is C24H26ClFN2O2. The van der Waals surface area contributed by atoms with Gasteiger partial charge in [-0.05, 0) is 69.2 Å². The largest absolute Gasteiger partial charge is 0.507 e. The van der Waals surface area contributed by atoms with Crippen LogP contribution in [0.5, 0.6) is 5.75 Å². The van der Waals surface area contributed by atoms with Gasteiger partial charge in [-0.1, -0.05) is 29.3 Å². The van der Waals surface area contributed by atoms with Crippen molar-refractivity contribution in [3.8, 4) is 28.1 Å². The van der Waals surface area contributed by atoms with Gasteiger partial charge in [0.15, 0.2) is 0 Å². The lowest BCUT2D eigenvalue weighted by atomic mass is 10.0. The fraction of sp³-hybridized carbons (Fsp3) is 0.292. The van der Waals surface area contributed by atoms with E-state index >= 15 is 0 Å². The van der Waals surface area contributed by atoms with Crippen LogP contribution in [-0.2, 0) is 4.74 Å². The van der Waals surface area contributed by atoms with Gasteiger partial charge in [0, 0.05) is 24.3 Å². The van der Waals surface area contributed by atoms with Crippen molar-refractivity contribution in [3.05, 3.63) is 64.9 Å². The molecule has 0 radical (unpaired) electrons. The summed E-state index contributed by atoms with van der Waals surface area (Å²) >= 11 is 6.30. The maximum absolute atomic E-state index is 14.6. The number of nitrogens with one attached hydrogen (secondary N) is 1. The number of aromatic nitrogens is 1. The Morgan fingerprint density at radius 2 is 1.97 bits per heavy atom. The number of halogens is 2. The summed E-state index contributed by atoms with van der Waals surface area (Å²) in [4.78, 5) is 4.65. The highest BCUT2D eigenvalue weighted by Crippen LogP contribution is 2.36. The van der Waals surface area contributed by atoms with Crippen LogP contribution in [0.2, 0.25) is 5.02 Å². The number of ether oxygens (including phenoxy) is 1. The van der Waals surface area contributed by atoms with Crippen molar-refractivity contribution in [1.29, 1.82) is 0 Å². The van der Waals surface area contributed by atoms with E-state index in [4.69, 9.17) is 16.3 Å². The van der Waals surface area contributed by atoms with Crippen LogP contribution >= 0.6 is 11.6 Å². The molecule has 2 aromatic carbocycles. The van der Waals surface area contributed by atoms with E-state index in [2.05, 4.69) is 10.3 Å². The van der Waals surface area contributed by atoms with Crippen molar-refractivity contribution < 1.29 is 14.2 Å². The molecule has 0 saturated carbocycles. The average Bonchev–Trinajstić information content (AvgIpc) is 2.69.